The molecule has 2 aromatic carbocycles. The Morgan fingerprint density at radius 1 is 1.08 bits per heavy atom. The summed E-state index contributed by atoms with van der Waals surface area (Å²) >= 11 is 0. The third-order valence-electron chi connectivity index (χ3n) is 4.85. The summed E-state index contributed by atoms with van der Waals surface area (Å²) in [5.74, 6) is 0.565. The zero-order valence-corrected chi connectivity index (χ0v) is 15.4. The Morgan fingerprint density at radius 2 is 1.81 bits per heavy atom. The number of carbonyl (C=O) groups is 1. The monoisotopic (exact) mass is 372 g/mol. The van der Waals surface area contributed by atoms with Gasteiger partial charge in [-0.2, -0.15) is 0 Å². The maximum Gasteiger partial charge on any atom is 0.323 e. The Hall–Kier alpha value is -2.50. The molecule has 2 N–H and O–H groups in total. The number of para-hydroxylation sites is 1. The predicted octanol–water partition coefficient (Wildman–Crippen LogP) is 3.38. The number of fused-ring (bicyclic) bond motifs is 3. The Kier molecular flexibility index (Phi) is 5.20. The van der Waals surface area contributed by atoms with Gasteiger partial charge in [0.25, 0.3) is 0 Å². The summed E-state index contributed by atoms with van der Waals surface area (Å²) in [5, 5.41) is 4.59. The summed E-state index contributed by atoms with van der Waals surface area (Å²) in [6, 6.07) is 15.6. The number of aromatic nitrogens is 1. The molecule has 5 nitrogen and oxygen atoms in total. The highest BCUT2D eigenvalue weighted by molar-refractivity contribution is 5.87. The molecule has 0 saturated heterocycles. The van der Waals surface area contributed by atoms with E-state index in [1.165, 1.54) is 12.7 Å². The van der Waals surface area contributed by atoms with E-state index < -0.39 is 0 Å². The van der Waals surface area contributed by atoms with Crippen molar-refractivity contribution in [3.63, 3.8) is 0 Å². The number of methoxy groups -OCH3 is 2. The second kappa shape index (κ2) is 7.40. The summed E-state index contributed by atoms with van der Waals surface area (Å²) in [6.07, 6.45) is 0.610. The topological polar surface area (TPSA) is 63.4 Å². The number of benzene rings is 2. The molecule has 0 spiro atoms. The van der Waals surface area contributed by atoms with Gasteiger partial charge in [0, 0.05) is 23.0 Å². The van der Waals surface area contributed by atoms with Crippen molar-refractivity contribution < 1.29 is 14.3 Å². The van der Waals surface area contributed by atoms with Crippen LogP contribution >= 0.6 is 12.4 Å². The van der Waals surface area contributed by atoms with E-state index in [-0.39, 0.29) is 30.5 Å². The second-order valence-corrected chi connectivity index (χ2v) is 6.22. The lowest BCUT2D eigenvalue weighted by Gasteiger charge is -2.30. The molecule has 3 aromatic rings. The Balaban J connectivity index is 0.00000196. The Morgan fingerprint density at radius 3 is 2.50 bits per heavy atom. The number of hydrogen-bond acceptors (Lipinski definition) is 4. The van der Waals surface area contributed by atoms with Crippen LogP contribution in [0.5, 0.6) is 5.75 Å². The van der Waals surface area contributed by atoms with Crippen LogP contribution in [0.1, 0.15) is 22.9 Å². The van der Waals surface area contributed by atoms with E-state index in [0.29, 0.717) is 6.42 Å². The highest BCUT2D eigenvalue weighted by Gasteiger charge is 2.34. The van der Waals surface area contributed by atoms with Gasteiger partial charge in [0.1, 0.15) is 11.8 Å². The molecule has 0 unspecified atom stereocenters. The van der Waals surface area contributed by atoms with Crippen LogP contribution in [0.3, 0.4) is 0 Å². The number of rotatable bonds is 3. The van der Waals surface area contributed by atoms with Crippen molar-refractivity contribution in [2.75, 3.05) is 14.2 Å². The van der Waals surface area contributed by atoms with E-state index in [1.54, 1.807) is 7.11 Å². The zero-order valence-electron chi connectivity index (χ0n) is 14.6. The summed E-state index contributed by atoms with van der Waals surface area (Å²) in [6.45, 7) is 0. The van der Waals surface area contributed by atoms with Gasteiger partial charge < -0.3 is 14.5 Å². The van der Waals surface area contributed by atoms with E-state index in [4.69, 9.17) is 9.47 Å². The molecule has 0 aliphatic carbocycles. The first kappa shape index (κ1) is 18.3. The van der Waals surface area contributed by atoms with Crippen molar-refractivity contribution in [2.45, 2.75) is 18.5 Å². The number of hydrogen-bond donors (Lipinski definition) is 2. The number of aromatic amines is 1. The lowest BCUT2D eigenvalue weighted by Crippen LogP contribution is -2.45. The molecule has 2 heterocycles. The minimum absolute atomic E-state index is 0. The van der Waals surface area contributed by atoms with Gasteiger partial charge in [-0.05, 0) is 29.3 Å². The first-order valence-electron chi connectivity index (χ1n) is 8.28. The average molecular weight is 373 g/mol. The van der Waals surface area contributed by atoms with Crippen molar-refractivity contribution >= 4 is 29.3 Å². The molecule has 0 saturated carbocycles. The van der Waals surface area contributed by atoms with Gasteiger partial charge in [-0.1, -0.05) is 30.3 Å². The van der Waals surface area contributed by atoms with Crippen LogP contribution in [0.4, 0.5) is 0 Å². The maximum atomic E-state index is 12.2. The van der Waals surface area contributed by atoms with Crippen LogP contribution in [0.15, 0.2) is 48.5 Å². The fourth-order valence-electron chi connectivity index (χ4n) is 3.59. The fraction of sp³-hybridized carbons (Fsp3) is 0.250. The third-order valence-corrected chi connectivity index (χ3v) is 4.85. The third kappa shape index (κ3) is 3.04. The molecule has 1 aliphatic heterocycles. The maximum absolute atomic E-state index is 12.2. The number of H-pyrrole nitrogens is 1. The quantitative estimate of drug-likeness (QED) is 0.692. The Bertz CT molecular complexity index is 920. The summed E-state index contributed by atoms with van der Waals surface area (Å²) < 4.78 is 10.2. The minimum Gasteiger partial charge on any atom is -0.497 e. The molecule has 1 aromatic heterocycles. The second-order valence-electron chi connectivity index (χ2n) is 6.22. The van der Waals surface area contributed by atoms with Gasteiger partial charge in [0.2, 0.25) is 0 Å². The normalized spacial score (nSPS) is 18.7. The van der Waals surface area contributed by atoms with Crippen LogP contribution < -0.4 is 10.1 Å². The SMILES string of the molecule is COC(=O)[C@@H]1Cc2c([nH]c3ccccc23)[C@@H](c2ccc(OC)cc2)N1.Cl. The molecule has 0 radical (unpaired) electrons. The van der Waals surface area contributed by atoms with Crippen LogP contribution in [0.25, 0.3) is 10.9 Å². The van der Waals surface area contributed by atoms with E-state index in [9.17, 15) is 4.79 Å². The highest BCUT2D eigenvalue weighted by Crippen LogP contribution is 2.35. The lowest BCUT2D eigenvalue weighted by molar-refractivity contribution is -0.143. The van der Waals surface area contributed by atoms with Crippen molar-refractivity contribution in [3.05, 3.63) is 65.4 Å². The minimum atomic E-state index is -0.371. The van der Waals surface area contributed by atoms with Crippen molar-refractivity contribution in [1.82, 2.24) is 10.3 Å². The van der Waals surface area contributed by atoms with Crippen molar-refractivity contribution in [2.24, 2.45) is 0 Å². The molecule has 1 aliphatic rings. The van der Waals surface area contributed by atoms with E-state index in [1.807, 2.05) is 36.4 Å². The van der Waals surface area contributed by atoms with Gasteiger partial charge in [-0.3, -0.25) is 10.1 Å². The number of nitrogens with one attached hydrogen (secondary N) is 2. The van der Waals surface area contributed by atoms with Crippen LogP contribution in [-0.4, -0.2) is 31.2 Å². The lowest BCUT2D eigenvalue weighted by atomic mass is 9.90. The first-order chi connectivity index (χ1) is 12.2. The summed E-state index contributed by atoms with van der Waals surface area (Å²) in [5.41, 5.74) is 4.43. The smallest absolute Gasteiger partial charge is 0.323 e. The van der Waals surface area contributed by atoms with Crippen LogP contribution in [-0.2, 0) is 16.0 Å². The number of ether oxygens (including phenoxy) is 2. The van der Waals surface area contributed by atoms with E-state index in [0.717, 1.165) is 27.9 Å². The molecule has 6 heteroatoms. The molecule has 0 amide bonds. The molecule has 0 fully saturated rings. The molecular formula is C20H21ClN2O3. The van der Waals surface area contributed by atoms with Gasteiger partial charge in [-0.25, -0.2) is 0 Å². The standard InChI is InChI=1S/C20H20N2O3.ClH/c1-24-13-9-7-12(8-10-13)18-19-15(11-17(22-18)20(23)25-2)14-5-3-4-6-16(14)21-19;/h3-10,17-18,21-22H,11H2,1-2H3;1H/t17-,18+;/m0./s1. The van der Waals surface area contributed by atoms with Crippen molar-refractivity contribution in [1.29, 1.82) is 0 Å². The van der Waals surface area contributed by atoms with Crippen LogP contribution in [0, 0.1) is 0 Å². The van der Waals surface area contributed by atoms with Crippen molar-refractivity contribution in [3.8, 4) is 5.75 Å². The first-order valence-corrected chi connectivity index (χ1v) is 8.28. The van der Waals surface area contributed by atoms with Gasteiger partial charge in [0.05, 0.1) is 20.3 Å². The zero-order chi connectivity index (χ0) is 17.4. The van der Waals surface area contributed by atoms with Gasteiger partial charge >= 0.3 is 5.97 Å². The number of carbonyl (C=O) groups excluding carboxylic acids is 1. The fourth-order valence-corrected chi connectivity index (χ4v) is 3.59. The molecule has 0 bridgehead atoms. The molecule has 4 rings (SSSR count). The predicted molar refractivity (Wildman–Crippen MR) is 103 cm³/mol. The average Bonchev–Trinajstić information content (AvgIpc) is 3.05. The summed E-state index contributed by atoms with van der Waals surface area (Å²) in [7, 11) is 3.08. The summed E-state index contributed by atoms with van der Waals surface area (Å²) in [4.78, 5) is 15.7. The van der Waals surface area contributed by atoms with Crippen LogP contribution in [0.2, 0.25) is 0 Å². The number of halogens is 1. The Labute approximate surface area is 158 Å². The molecule has 26 heavy (non-hydrogen) atoms. The largest absolute Gasteiger partial charge is 0.497 e. The molecule has 2 atom stereocenters. The van der Waals surface area contributed by atoms with Gasteiger partial charge in [0.15, 0.2) is 0 Å². The molecule has 136 valence electrons. The molecular weight excluding hydrogens is 352 g/mol. The van der Waals surface area contributed by atoms with E-state index in [2.05, 4.69) is 22.4 Å². The van der Waals surface area contributed by atoms with Gasteiger partial charge in [-0.15, -0.1) is 12.4 Å². The van der Waals surface area contributed by atoms with E-state index >= 15 is 0 Å². The highest BCUT2D eigenvalue weighted by atomic mass is 35.5. The number of esters is 1.